The fourth-order valence-corrected chi connectivity index (χ4v) is 2.00. The van der Waals surface area contributed by atoms with Crippen LogP contribution in [0.25, 0.3) is 5.69 Å². The lowest BCUT2D eigenvalue weighted by molar-refractivity contribution is 0.921. The average Bonchev–Trinajstić information content (AvgIpc) is 2.39. The van der Waals surface area contributed by atoms with Gasteiger partial charge in [0.05, 0.1) is 0 Å². The number of pyridine rings is 1. The lowest BCUT2D eigenvalue weighted by atomic mass is 10.1. The zero-order valence-electron chi connectivity index (χ0n) is 10.8. The molecule has 1 aromatic carbocycles. The molecule has 0 aliphatic carbocycles. The van der Waals surface area contributed by atoms with Gasteiger partial charge in [-0.3, -0.25) is 4.79 Å². The first kappa shape index (κ1) is 12.6. The molecule has 0 spiro atoms. The monoisotopic (exact) mass is 242 g/mol. The van der Waals surface area contributed by atoms with Gasteiger partial charge in [-0.25, -0.2) is 0 Å². The normalized spacial score (nSPS) is 10.6. The molecule has 0 aliphatic heterocycles. The maximum absolute atomic E-state index is 11.7. The number of nitrogens with zero attached hydrogens (tertiary/aromatic N) is 1. The van der Waals surface area contributed by atoms with Gasteiger partial charge in [-0.15, -0.1) is 0 Å². The van der Waals surface area contributed by atoms with Gasteiger partial charge in [-0.1, -0.05) is 19.1 Å². The molecular formula is C15H18N2O. The Bertz CT molecular complexity index is 597. The summed E-state index contributed by atoms with van der Waals surface area (Å²) in [4.78, 5) is 11.7. The second kappa shape index (κ2) is 5.19. The number of aromatic nitrogens is 1. The molecule has 0 saturated heterocycles. The molecule has 0 atom stereocenters. The summed E-state index contributed by atoms with van der Waals surface area (Å²) in [6.45, 7) is 4.33. The minimum atomic E-state index is 0.0106. The highest BCUT2D eigenvalue weighted by Crippen LogP contribution is 2.12. The predicted molar refractivity (Wildman–Crippen MR) is 74.0 cm³/mol. The summed E-state index contributed by atoms with van der Waals surface area (Å²) in [6.07, 6.45) is 2.86. The average molecular weight is 242 g/mol. The Hall–Kier alpha value is -1.87. The molecule has 18 heavy (non-hydrogen) atoms. The molecule has 94 valence electrons. The summed E-state index contributed by atoms with van der Waals surface area (Å²) in [5.74, 6) is 0. The van der Waals surface area contributed by atoms with Crippen molar-refractivity contribution in [3.63, 3.8) is 0 Å². The van der Waals surface area contributed by atoms with Gasteiger partial charge in [0.1, 0.15) is 0 Å². The molecule has 0 radical (unpaired) electrons. The van der Waals surface area contributed by atoms with Crippen molar-refractivity contribution in [2.45, 2.75) is 26.8 Å². The zero-order chi connectivity index (χ0) is 13.1. The number of nitrogens with two attached hydrogens (primary N) is 1. The number of benzene rings is 1. The molecule has 2 N–H and O–H groups in total. The van der Waals surface area contributed by atoms with Crippen LogP contribution in [0.5, 0.6) is 0 Å². The van der Waals surface area contributed by atoms with Crippen LogP contribution in [0, 0.1) is 6.92 Å². The molecule has 1 aromatic heterocycles. The molecule has 0 aliphatic rings. The van der Waals surface area contributed by atoms with Crippen LogP contribution in [0.15, 0.2) is 41.3 Å². The van der Waals surface area contributed by atoms with E-state index in [0.29, 0.717) is 5.56 Å². The van der Waals surface area contributed by atoms with Gasteiger partial charge in [-0.05, 0) is 31.0 Å². The molecule has 2 rings (SSSR count). The number of hydrogen-bond acceptors (Lipinski definition) is 2. The quantitative estimate of drug-likeness (QED) is 0.896. The maximum atomic E-state index is 11.7. The molecule has 0 unspecified atom stereocenters. The maximum Gasteiger partial charge on any atom is 0.186 e. The van der Waals surface area contributed by atoms with E-state index in [1.165, 1.54) is 5.56 Å². The Kier molecular flexibility index (Phi) is 3.63. The summed E-state index contributed by atoms with van der Waals surface area (Å²) >= 11 is 0. The summed E-state index contributed by atoms with van der Waals surface area (Å²) in [6, 6.07) is 9.98. The Morgan fingerprint density at radius 1 is 1.22 bits per heavy atom. The predicted octanol–water partition coefficient (Wildman–Crippen LogP) is 2.17. The highest BCUT2D eigenvalue weighted by atomic mass is 16.1. The first-order valence-corrected chi connectivity index (χ1v) is 6.17. The summed E-state index contributed by atoms with van der Waals surface area (Å²) < 4.78 is 2.00. The van der Waals surface area contributed by atoms with Crippen molar-refractivity contribution in [1.29, 1.82) is 0 Å². The van der Waals surface area contributed by atoms with Crippen LogP contribution in [0.1, 0.15) is 23.7 Å². The van der Waals surface area contributed by atoms with Crippen molar-refractivity contribution in [1.82, 2.24) is 4.57 Å². The summed E-state index contributed by atoms with van der Waals surface area (Å²) in [5, 5.41) is 0. The van der Waals surface area contributed by atoms with E-state index < -0.39 is 0 Å². The third-order valence-corrected chi connectivity index (χ3v) is 3.16. The number of rotatable bonds is 3. The molecule has 3 heteroatoms. The van der Waals surface area contributed by atoms with E-state index in [4.69, 9.17) is 5.73 Å². The van der Waals surface area contributed by atoms with Gasteiger partial charge in [0.2, 0.25) is 0 Å². The van der Waals surface area contributed by atoms with Crippen molar-refractivity contribution in [3.8, 4) is 5.69 Å². The van der Waals surface area contributed by atoms with Crippen LogP contribution in [0.2, 0.25) is 0 Å². The molecule has 0 saturated carbocycles. The molecule has 2 aromatic rings. The highest BCUT2D eigenvalue weighted by Gasteiger charge is 2.04. The molecule has 0 amide bonds. The molecule has 1 heterocycles. The topological polar surface area (TPSA) is 48.0 Å². The number of hydrogen-bond donors (Lipinski definition) is 1. The second-order valence-electron chi connectivity index (χ2n) is 4.40. The van der Waals surface area contributed by atoms with Gasteiger partial charge in [0.15, 0.2) is 5.43 Å². The Balaban J connectivity index is 2.52. The van der Waals surface area contributed by atoms with Crippen molar-refractivity contribution < 1.29 is 0 Å². The van der Waals surface area contributed by atoms with Crippen molar-refractivity contribution in [3.05, 3.63) is 63.6 Å². The van der Waals surface area contributed by atoms with E-state index in [2.05, 4.69) is 31.2 Å². The van der Waals surface area contributed by atoms with Gasteiger partial charge in [0, 0.05) is 35.8 Å². The van der Waals surface area contributed by atoms with E-state index in [-0.39, 0.29) is 12.0 Å². The van der Waals surface area contributed by atoms with Crippen LogP contribution in [-0.2, 0) is 13.0 Å². The van der Waals surface area contributed by atoms with Gasteiger partial charge in [-0.2, -0.15) is 0 Å². The SMILES string of the molecule is CCc1ccc(-n2cc(CN)c(=O)cc2C)cc1. The molecule has 3 nitrogen and oxygen atoms in total. The third kappa shape index (κ3) is 2.36. The lowest BCUT2D eigenvalue weighted by Gasteiger charge is -2.12. The number of aryl methyl sites for hydroxylation is 2. The minimum absolute atomic E-state index is 0.0106. The zero-order valence-corrected chi connectivity index (χ0v) is 10.8. The standard InChI is InChI=1S/C15H18N2O/c1-3-12-4-6-14(7-5-12)17-10-13(9-16)15(18)8-11(17)2/h4-8,10H,3,9,16H2,1-2H3. The van der Waals surface area contributed by atoms with E-state index in [1.807, 2.05) is 17.7 Å². The third-order valence-electron chi connectivity index (χ3n) is 3.16. The Labute approximate surface area is 107 Å². The smallest absolute Gasteiger partial charge is 0.186 e. The van der Waals surface area contributed by atoms with E-state index >= 15 is 0 Å². The lowest BCUT2D eigenvalue weighted by Crippen LogP contribution is -2.16. The highest BCUT2D eigenvalue weighted by molar-refractivity contribution is 5.37. The van der Waals surface area contributed by atoms with Crippen molar-refractivity contribution in [2.24, 2.45) is 5.73 Å². The van der Waals surface area contributed by atoms with Crippen LogP contribution < -0.4 is 11.2 Å². The molecular weight excluding hydrogens is 224 g/mol. The van der Waals surface area contributed by atoms with E-state index in [0.717, 1.165) is 17.8 Å². The first-order chi connectivity index (χ1) is 8.65. The van der Waals surface area contributed by atoms with Crippen LogP contribution in [0.3, 0.4) is 0 Å². The van der Waals surface area contributed by atoms with Crippen molar-refractivity contribution in [2.75, 3.05) is 0 Å². The van der Waals surface area contributed by atoms with Gasteiger partial charge >= 0.3 is 0 Å². The Morgan fingerprint density at radius 2 is 1.89 bits per heavy atom. The molecule has 0 fully saturated rings. The van der Waals surface area contributed by atoms with Crippen LogP contribution >= 0.6 is 0 Å². The van der Waals surface area contributed by atoms with E-state index in [1.54, 1.807) is 6.07 Å². The second-order valence-corrected chi connectivity index (χ2v) is 4.40. The van der Waals surface area contributed by atoms with Crippen molar-refractivity contribution >= 4 is 0 Å². The van der Waals surface area contributed by atoms with Gasteiger partial charge in [0.25, 0.3) is 0 Å². The van der Waals surface area contributed by atoms with Crippen LogP contribution in [0.4, 0.5) is 0 Å². The van der Waals surface area contributed by atoms with E-state index in [9.17, 15) is 4.79 Å². The van der Waals surface area contributed by atoms with Crippen LogP contribution in [-0.4, -0.2) is 4.57 Å². The van der Waals surface area contributed by atoms with Gasteiger partial charge < -0.3 is 10.3 Å². The Morgan fingerprint density at radius 3 is 2.44 bits per heavy atom. The fraction of sp³-hybridized carbons (Fsp3) is 0.267. The molecule has 0 bridgehead atoms. The summed E-state index contributed by atoms with van der Waals surface area (Å²) in [7, 11) is 0. The largest absolute Gasteiger partial charge is 0.326 e. The minimum Gasteiger partial charge on any atom is -0.326 e. The summed E-state index contributed by atoms with van der Waals surface area (Å²) in [5.41, 5.74) is 9.50. The fourth-order valence-electron chi connectivity index (χ4n) is 2.00. The first-order valence-electron chi connectivity index (χ1n) is 6.17.